The SMILES string of the molecule is Cc1cc(CO)n(-c2cccc(C#N)c2)n1. The van der Waals surface area contributed by atoms with Crippen LogP contribution in [0.5, 0.6) is 0 Å². The smallest absolute Gasteiger partial charge is 0.0992 e. The fourth-order valence-corrected chi connectivity index (χ4v) is 1.60. The summed E-state index contributed by atoms with van der Waals surface area (Å²) in [7, 11) is 0. The molecule has 2 rings (SSSR count). The third-order valence-electron chi connectivity index (χ3n) is 2.29. The molecule has 0 aliphatic rings. The van der Waals surface area contributed by atoms with Crippen molar-refractivity contribution in [2.45, 2.75) is 13.5 Å². The lowest BCUT2D eigenvalue weighted by Crippen LogP contribution is -2.02. The van der Waals surface area contributed by atoms with Gasteiger partial charge < -0.3 is 5.11 Å². The van der Waals surface area contributed by atoms with Crippen molar-refractivity contribution in [1.29, 1.82) is 5.26 Å². The highest BCUT2D eigenvalue weighted by atomic mass is 16.3. The molecule has 0 unspecified atom stereocenters. The fourth-order valence-electron chi connectivity index (χ4n) is 1.60. The van der Waals surface area contributed by atoms with Crippen LogP contribution < -0.4 is 0 Å². The lowest BCUT2D eigenvalue weighted by atomic mass is 10.2. The molecule has 0 radical (unpaired) electrons. The second-order valence-electron chi connectivity index (χ2n) is 3.51. The number of aryl methyl sites for hydroxylation is 1. The van der Waals surface area contributed by atoms with Crippen LogP contribution in [0.25, 0.3) is 5.69 Å². The van der Waals surface area contributed by atoms with Gasteiger partial charge in [-0.3, -0.25) is 0 Å². The van der Waals surface area contributed by atoms with E-state index >= 15 is 0 Å². The van der Waals surface area contributed by atoms with E-state index in [9.17, 15) is 5.11 Å². The topological polar surface area (TPSA) is 61.8 Å². The van der Waals surface area contributed by atoms with Gasteiger partial charge in [-0.2, -0.15) is 10.4 Å². The van der Waals surface area contributed by atoms with E-state index in [1.54, 1.807) is 22.9 Å². The standard InChI is InChI=1S/C12H11N3O/c1-9-5-12(8-16)15(14-9)11-4-2-3-10(6-11)7-13/h2-6,16H,8H2,1H3. The molecule has 1 aromatic carbocycles. The van der Waals surface area contributed by atoms with E-state index in [2.05, 4.69) is 11.2 Å². The summed E-state index contributed by atoms with van der Waals surface area (Å²) in [6.45, 7) is 1.79. The van der Waals surface area contributed by atoms with E-state index in [0.717, 1.165) is 11.4 Å². The van der Waals surface area contributed by atoms with Crippen molar-refractivity contribution in [2.24, 2.45) is 0 Å². The summed E-state index contributed by atoms with van der Waals surface area (Å²) in [5.74, 6) is 0. The van der Waals surface area contributed by atoms with Gasteiger partial charge in [0.2, 0.25) is 0 Å². The zero-order chi connectivity index (χ0) is 11.5. The molecular formula is C12H11N3O. The van der Waals surface area contributed by atoms with Crippen LogP contribution in [-0.2, 0) is 6.61 Å². The van der Waals surface area contributed by atoms with Gasteiger partial charge in [-0.15, -0.1) is 0 Å². The average molecular weight is 213 g/mol. The Kier molecular flexibility index (Phi) is 2.71. The molecule has 4 nitrogen and oxygen atoms in total. The first kappa shape index (κ1) is 10.4. The van der Waals surface area contributed by atoms with Gasteiger partial charge in [0, 0.05) is 0 Å². The Balaban J connectivity index is 2.54. The second-order valence-corrected chi connectivity index (χ2v) is 3.51. The minimum Gasteiger partial charge on any atom is -0.390 e. The van der Waals surface area contributed by atoms with Crippen LogP contribution in [0.4, 0.5) is 0 Å². The zero-order valence-electron chi connectivity index (χ0n) is 8.88. The maximum atomic E-state index is 9.19. The van der Waals surface area contributed by atoms with Crippen LogP contribution in [0.15, 0.2) is 30.3 Å². The number of nitriles is 1. The molecule has 0 bridgehead atoms. The summed E-state index contributed by atoms with van der Waals surface area (Å²) >= 11 is 0. The molecular weight excluding hydrogens is 202 g/mol. The van der Waals surface area contributed by atoms with E-state index in [0.29, 0.717) is 11.3 Å². The van der Waals surface area contributed by atoms with Crippen LogP contribution in [-0.4, -0.2) is 14.9 Å². The maximum Gasteiger partial charge on any atom is 0.0992 e. The molecule has 1 aromatic heterocycles. The van der Waals surface area contributed by atoms with Crippen LogP contribution in [0.3, 0.4) is 0 Å². The minimum absolute atomic E-state index is 0.0718. The molecule has 0 spiro atoms. The highest BCUT2D eigenvalue weighted by Crippen LogP contribution is 2.14. The van der Waals surface area contributed by atoms with Crippen LogP contribution in [0, 0.1) is 18.3 Å². The Morgan fingerprint density at radius 1 is 1.44 bits per heavy atom. The first-order chi connectivity index (χ1) is 7.74. The molecule has 0 amide bonds. The summed E-state index contributed by atoms with van der Waals surface area (Å²) in [6.07, 6.45) is 0. The molecule has 0 fully saturated rings. The molecule has 16 heavy (non-hydrogen) atoms. The zero-order valence-corrected chi connectivity index (χ0v) is 8.88. The van der Waals surface area contributed by atoms with Crippen LogP contribution in [0.2, 0.25) is 0 Å². The van der Waals surface area contributed by atoms with Crippen molar-refractivity contribution >= 4 is 0 Å². The Labute approximate surface area is 93.4 Å². The highest BCUT2D eigenvalue weighted by molar-refractivity contribution is 5.41. The molecule has 0 aliphatic carbocycles. The van der Waals surface area contributed by atoms with E-state index in [1.807, 2.05) is 19.1 Å². The molecule has 0 atom stereocenters. The van der Waals surface area contributed by atoms with Crippen molar-refractivity contribution in [3.8, 4) is 11.8 Å². The van der Waals surface area contributed by atoms with E-state index in [-0.39, 0.29) is 6.61 Å². The molecule has 0 saturated heterocycles. The van der Waals surface area contributed by atoms with Gasteiger partial charge in [0.05, 0.1) is 35.3 Å². The van der Waals surface area contributed by atoms with Gasteiger partial charge in [-0.1, -0.05) is 6.07 Å². The summed E-state index contributed by atoms with van der Waals surface area (Å²) in [4.78, 5) is 0. The number of aromatic nitrogens is 2. The Hall–Kier alpha value is -2.12. The van der Waals surface area contributed by atoms with E-state index < -0.39 is 0 Å². The second kappa shape index (κ2) is 4.17. The molecule has 1 heterocycles. The third kappa shape index (κ3) is 1.81. The van der Waals surface area contributed by atoms with Crippen molar-refractivity contribution in [1.82, 2.24) is 9.78 Å². The predicted octanol–water partition coefficient (Wildman–Crippen LogP) is 1.54. The Morgan fingerprint density at radius 2 is 2.25 bits per heavy atom. The first-order valence-electron chi connectivity index (χ1n) is 4.91. The number of rotatable bonds is 2. The number of hydrogen-bond acceptors (Lipinski definition) is 3. The molecule has 2 aromatic rings. The average Bonchev–Trinajstić information content (AvgIpc) is 2.70. The quantitative estimate of drug-likeness (QED) is 0.823. The summed E-state index contributed by atoms with van der Waals surface area (Å²) in [5.41, 5.74) is 2.92. The molecule has 0 aliphatic heterocycles. The number of nitrogens with zero attached hydrogens (tertiary/aromatic N) is 3. The van der Waals surface area contributed by atoms with Gasteiger partial charge in [0.25, 0.3) is 0 Å². The van der Waals surface area contributed by atoms with Gasteiger partial charge >= 0.3 is 0 Å². The third-order valence-corrected chi connectivity index (χ3v) is 2.29. The number of aliphatic hydroxyl groups is 1. The van der Waals surface area contributed by atoms with E-state index in [1.165, 1.54) is 0 Å². The summed E-state index contributed by atoms with van der Waals surface area (Å²) < 4.78 is 1.65. The fraction of sp³-hybridized carbons (Fsp3) is 0.167. The number of benzene rings is 1. The monoisotopic (exact) mass is 213 g/mol. The highest BCUT2D eigenvalue weighted by Gasteiger charge is 2.06. The lowest BCUT2D eigenvalue weighted by Gasteiger charge is -2.05. The number of aliphatic hydroxyl groups excluding tert-OH is 1. The van der Waals surface area contributed by atoms with Crippen molar-refractivity contribution in [3.05, 3.63) is 47.3 Å². The summed E-state index contributed by atoms with van der Waals surface area (Å²) in [6, 6.07) is 11.0. The number of hydrogen-bond donors (Lipinski definition) is 1. The largest absolute Gasteiger partial charge is 0.390 e. The molecule has 0 saturated carbocycles. The first-order valence-corrected chi connectivity index (χ1v) is 4.91. The van der Waals surface area contributed by atoms with Crippen LogP contribution >= 0.6 is 0 Å². The normalized spacial score (nSPS) is 10.1. The predicted molar refractivity (Wildman–Crippen MR) is 58.9 cm³/mol. The molecule has 80 valence electrons. The lowest BCUT2D eigenvalue weighted by molar-refractivity contribution is 0.273. The summed E-state index contributed by atoms with van der Waals surface area (Å²) in [5, 5.41) is 22.3. The van der Waals surface area contributed by atoms with Gasteiger partial charge in [0.15, 0.2) is 0 Å². The minimum atomic E-state index is -0.0718. The molecule has 4 heteroatoms. The Morgan fingerprint density at radius 3 is 2.94 bits per heavy atom. The van der Waals surface area contributed by atoms with E-state index in [4.69, 9.17) is 5.26 Å². The van der Waals surface area contributed by atoms with Gasteiger partial charge in [-0.25, -0.2) is 4.68 Å². The van der Waals surface area contributed by atoms with Crippen molar-refractivity contribution in [2.75, 3.05) is 0 Å². The van der Waals surface area contributed by atoms with Gasteiger partial charge in [0.1, 0.15) is 0 Å². The molecule has 1 N–H and O–H groups in total. The van der Waals surface area contributed by atoms with Crippen LogP contribution in [0.1, 0.15) is 17.0 Å². The van der Waals surface area contributed by atoms with Crippen molar-refractivity contribution in [3.63, 3.8) is 0 Å². The maximum absolute atomic E-state index is 9.19. The van der Waals surface area contributed by atoms with Crippen molar-refractivity contribution < 1.29 is 5.11 Å². The Bertz CT molecular complexity index is 552. The van der Waals surface area contributed by atoms with Gasteiger partial charge in [-0.05, 0) is 31.2 Å².